The first-order chi connectivity index (χ1) is 15.1. The largest absolute Gasteiger partial charge is 0.484 e. The summed E-state index contributed by atoms with van der Waals surface area (Å²) >= 11 is 8.88. The van der Waals surface area contributed by atoms with Gasteiger partial charge in [-0.1, -0.05) is 53.7 Å². The maximum atomic E-state index is 12.3. The van der Waals surface area contributed by atoms with Crippen LogP contribution in [0.2, 0.25) is 5.02 Å². The highest BCUT2D eigenvalue weighted by molar-refractivity contribution is 7.99. The Morgan fingerprint density at radius 1 is 1.16 bits per heavy atom. The van der Waals surface area contributed by atoms with Crippen LogP contribution in [-0.2, 0) is 11.4 Å². The first kappa shape index (κ1) is 21.4. The molecule has 4 rings (SSSR count). The van der Waals surface area contributed by atoms with E-state index in [4.69, 9.17) is 16.3 Å². The van der Waals surface area contributed by atoms with Gasteiger partial charge in [-0.3, -0.25) is 9.36 Å². The van der Waals surface area contributed by atoms with Gasteiger partial charge in [0.25, 0.3) is 0 Å². The average Bonchev–Trinajstić information content (AvgIpc) is 3.38. The van der Waals surface area contributed by atoms with Crippen LogP contribution in [0.15, 0.2) is 65.1 Å². The third-order valence-corrected chi connectivity index (χ3v) is 6.22. The number of anilines is 1. The van der Waals surface area contributed by atoms with Crippen LogP contribution < -0.4 is 10.1 Å². The number of amides is 1. The zero-order chi connectivity index (χ0) is 21.6. The van der Waals surface area contributed by atoms with Crippen LogP contribution in [-0.4, -0.2) is 31.4 Å². The quantitative estimate of drug-likeness (QED) is 0.364. The zero-order valence-corrected chi connectivity index (χ0v) is 18.9. The number of carbonyl (C=O) groups is 1. The van der Waals surface area contributed by atoms with E-state index in [0.29, 0.717) is 26.9 Å². The van der Waals surface area contributed by atoms with Crippen LogP contribution in [0.5, 0.6) is 5.75 Å². The molecule has 158 valence electrons. The molecule has 1 N–H and O–H groups in total. The summed E-state index contributed by atoms with van der Waals surface area (Å²) in [7, 11) is 0. The molecule has 0 unspecified atom stereocenters. The molecule has 31 heavy (non-hydrogen) atoms. The molecule has 0 fully saturated rings. The van der Waals surface area contributed by atoms with Gasteiger partial charge < -0.3 is 10.1 Å². The molecule has 10 heteroatoms. The van der Waals surface area contributed by atoms with E-state index in [9.17, 15) is 4.79 Å². The van der Waals surface area contributed by atoms with E-state index in [-0.39, 0.29) is 18.3 Å². The topological polar surface area (TPSA) is 81.9 Å². The highest BCUT2D eigenvalue weighted by Gasteiger charge is 2.17. The van der Waals surface area contributed by atoms with Gasteiger partial charge in [0, 0.05) is 11.1 Å². The van der Waals surface area contributed by atoms with Crippen molar-refractivity contribution in [1.82, 2.24) is 19.7 Å². The second kappa shape index (κ2) is 9.95. The highest BCUT2D eigenvalue weighted by Crippen LogP contribution is 2.26. The molecule has 7 nitrogen and oxygen atoms in total. The van der Waals surface area contributed by atoms with E-state index >= 15 is 0 Å². The summed E-state index contributed by atoms with van der Waals surface area (Å²) in [6.07, 6.45) is 0. The number of ether oxygens (including phenoxy) is 1. The van der Waals surface area contributed by atoms with Crippen molar-refractivity contribution in [3.63, 3.8) is 0 Å². The maximum absolute atomic E-state index is 12.3. The van der Waals surface area contributed by atoms with Crippen molar-refractivity contribution in [1.29, 1.82) is 0 Å². The monoisotopic (exact) mass is 471 g/mol. The fraction of sp³-hybridized carbons (Fsp3) is 0.143. The first-order valence-electron chi connectivity index (χ1n) is 9.32. The van der Waals surface area contributed by atoms with E-state index in [2.05, 4.69) is 20.5 Å². The van der Waals surface area contributed by atoms with E-state index < -0.39 is 0 Å². The molecule has 0 aliphatic heterocycles. The highest BCUT2D eigenvalue weighted by atomic mass is 35.5. The summed E-state index contributed by atoms with van der Waals surface area (Å²) in [6.45, 7) is 2.06. The Morgan fingerprint density at radius 3 is 2.68 bits per heavy atom. The normalized spacial score (nSPS) is 10.8. The molecule has 2 aromatic carbocycles. The number of thioether (sulfide) groups is 1. The lowest BCUT2D eigenvalue weighted by Gasteiger charge is -2.11. The molecule has 2 heterocycles. The lowest BCUT2D eigenvalue weighted by atomic mass is 10.3. The number of aryl methyl sites for hydroxylation is 1. The Labute approximate surface area is 192 Å². The SMILES string of the molecule is Cc1csc(NC(=O)CSc2nnc(COc3ccccc3Cl)n2-c2ccccc2)n1. The molecule has 0 radical (unpaired) electrons. The lowest BCUT2D eigenvalue weighted by Crippen LogP contribution is -2.14. The fourth-order valence-electron chi connectivity index (χ4n) is 2.72. The number of hydrogen-bond donors (Lipinski definition) is 1. The number of rotatable bonds is 8. The van der Waals surface area contributed by atoms with Crippen molar-refractivity contribution >= 4 is 45.7 Å². The van der Waals surface area contributed by atoms with E-state index in [1.807, 2.05) is 59.3 Å². The van der Waals surface area contributed by atoms with Crippen LogP contribution in [0.25, 0.3) is 5.69 Å². The summed E-state index contributed by atoms with van der Waals surface area (Å²) in [6, 6.07) is 17.0. The number of nitrogens with one attached hydrogen (secondary N) is 1. The van der Waals surface area contributed by atoms with Crippen molar-refractivity contribution in [2.75, 3.05) is 11.1 Å². The number of para-hydroxylation sites is 2. The zero-order valence-electron chi connectivity index (χ0n) is 16.5. The third-order valence-electron chi connectivity index (χ3n) is 4.11. The van der Waals surface area contributed by atoms with Crippen LogP contribution in [0, 0.1) is 6.92 Å². The van der Waals surface area contributed by atoms with Gasteiger partial charge >= 0.3 is 0 Å². The van der Waals surface area contributed by atoms with Crippen molar-refractivity contribution in [2.24, 2.45) is 0 Å². The van der Waals surface area contributed by atoms with Crippen LogP contribution in [0.1, 0.15) is 11.5 Å². The molecule has 0 bridgehead atoms. The van der Waals surface area contributed by atoms with E-state index in [0.717, 1.165) is 11.4 Å². The summed E-state index contributed by atoms with van der Waals surface area (Å²) in [5.74, 6) is 1.19. The van der Waals surface area contributed by atoms with Gasteiger partial charge in [0.2, 0.25) is 5.91 Å². The molecular weight excluding hydrogens is 454 g/mol. The number of thiazole rings is 1. The molecule has 0 aliphatic carbocycles. The minimum Gasteiger partial charge on any atom is -0.484 e. The fourth-order valence-corrected chi connectivity index (χ4v) is 4.39. The predicted octanol–water partition coefficient (Wildman–Crippen LogP) is 5.00. The van der Waals surface area contributed by atoms with Gasteiger partial charge in [0.1, 0.15) is 12.4 Å². The molecule has 0 atom stereocenters. The Balaban J connectivity index is 1.50. The third kappa shape index (κ3) is 5.43. The number of carbonyl (C=O) groups excluding carboxylic acids is 1. The van der Waals surface area contributed by atoms with Crippen molar-refractivity contribution < 1.29 is 9.53 Å². The van der Waals surface area contributed by atoms with Crippen molar-refractivity contribution in [3.8, 4) is 11.4 Å². The predicted molar refractivity (Wildman–Crippen MR) is 123 cm³/mol. The van der Waals surface area contributed by atoms with Crippen LogP contribution >= 0.6 is 34.7 Å². The van der Waals surface area contributed by atoms with Gasteiger partial charge in [-0.2, -0.15) is 0 Å². The summed E-state index contributed by atoms with van der Waals surface area (Å²) in [5.41, 5.74) is 1.75. The second-order valence-corrected chi connectivity index (χ2v) is 8.63. The molecular formula is C21H18ClN5O2S2. The van der Waals surface area contributed by atoms with Gasteiger partial charge in [0.15, 0.2) is 16.1 Å². The number of benzene rings is 2. The molecule has 1 amide bonds. The molecule has 2 aromatic heterocycles. The Kier molecular flexibility index (Phi) is 6.86. The second-order valence-electron chi connectivity index (χ2n) is 6.42. The van der Waals surface area contributed by atoms with Gasteiger partial charge in [-0.05, 0) is 31.2 Å². The Hall–Kier alpha value is -2.88. The van der Waals surface area contributed by atoms with Crippen LogP contribution in [0.4, 0.5) is 5.13 Å². The number of nitrogens with zero attached hydrogens (tertiary/aromatic N) is 4. The number of hydrogen-bond acceptors (Lipinski definition) is 7. The average molecular weight is 472 g/mol. The molecule has 4 aromatic rings. The molecule has 0 saturated carbocycles. The van der Waals surface area contributed by atoms with Crippen LogP contribution in [0.3, 0.4) is 0 Å². The lowest BCUT2D eigenvalue weighted by molar-refractivity contribution is -0.113. The molecule has 0 saturated heterocycles. The van der Waals surface area contributed by atoms with Gasteiger partial charge in [-0.25, -0.2) is 4.98 Å². The smallest absolute Gasteiger partial charge is 0.236 e. The molecule has 0 spiro atoms. The molecule has 0 aliphatic rings. The number of halogens is 1. The summed E-state index contributed by atoms with van der Waals surface area (Å²) in [4.78, 5) is 16.6. The maximum Gasteiger partial charge on any atom is 0.236 e. The standard InChI is InChI=1S/C21H18ClN5O2S2/c1-14-12-30-20(23-14)24-19(28)13-31-21-26-25-18(27(21)15-7-3-2-4-8-15)11-29-17-10-6-5-9-16(17)22/h2-10,12H,11,13H2,1H3,(H,23,24,28). The minimum atomic E-state index is -0.157. The van der Waals surface area contributed by atoms with E-state index in [1.54, 1.807) is 12.1 Å². The Bertz CT molecular complexity index is 1180. The minimum absolute atomic E-state index is 0.157. The summed E-state index contributed by atoms with van der Waals surface area (Å²) in [5, 5.41) is 15.0. The number of aromatic nitrogens is 4. The van der Waals surface area contributed by atoms with E-state index in [1.165, 1.54) is 23.1 Å². The van der Waals surface area contributed by atoms with Crippen molar-refractivity contribution in [2.45, 2.75) is 18.7 Å². The Morgan fingerprint density at radius 2 is 1.94 bits per heavy atom. The van der Waals surface area contributed by atoms with Crippen molar-refractivity contribution in [3.05, 3.63) is 76.5 Å². The first-order valence-corrected chi connectivity index (χ1v) is 11.6. The summed E-state index contributed by atoms with van der Waals surface area (Å²) < 4.78 is 7.73. The van der Waals surface area contributed by atoms with Gasteiger partial charge in [-0.15, -0.1) is 21.5 Å². The van der Waals surface area contributed by atoms with Gasteiger partial charge in [0.05, 0.1) is 16.5 Å².